The van der Waals surface area contributed by atoms with Crippen molar-refractivity contribution in [1.82, 2.24) is 15.5 Å². The summed E-state index contributed by atoms with van der Waals surface area (Å²) in [5, 5.41) is 9.58. The molecule has 0 aliphatic rings. The number of hydrogen-bond donors (Lipinski definition) is 2. The maximum absolute atomic E-state index is 11.7. The highest BCUT2D eigenvalue weighted by molar-refractivity contribution is 5.92. The van der Waals surface area contributed by atoms with E-state index in [0.717, 1.165) is 24.3 Å². The second-order valence-electron chi connectivity index (χ2n) is 4.37. The Bertz CT molecular complexity index is 520. The minimum absolute atomic E-state index is 0.160. The van der Waals surface area contributed by atoms with Crippen LogP contribution in [0.25, 0.3) is 0 Å². The number of carbonyl (C=O) groups is 1. The van der Waals surface area contributed by atoms with E-state index in [1.54, 1.807) is 12.3 Å². The van der Waals surface area contributed by atoms with Gasteiger partial charge < -0.3 is 14.5 Å². The van der Waals surface area contributed by atoms with Crippen molar-refractivity contribution >= 4 is 5.91 Å². The Morgan fingerprint density at radius 3 is 3.15 bits per heavy atom. The summed E-state index contributed by atoms with van der Waals surface area (Å²) in [6.45, 7) is 3.60. The van der Waals surface area contributed by atoms with Crippen LogP contribution in [0, 0.1) is 0 Å². The molecule has 2 aromatic heterocycles. The molecule has 0 radical (unpaired) electrons. The van der Waals surface area contributed by atoms with E-state index in [9.17, 15) is 4.79 Å². The molecule has 0 fully saturated rings. The third kappa shape index (κ3) is 4.24. The van der Waals surface area contributed by atoms with Crippen LogP contribution in [-0.4, -0.2) is 29.3 Å². The smallest absolute Gasteiger partial charge is 0.271 e. The van der Waals surface area contributed by atoms with E-state index in [1.807, 2.05) is 19.1 Å². The molecule has 2 heterocycles. The molecule has 6 heteroatoms. The molecule has 0 saturated carbocycles. The summed E-state index contributed by atoms with van der Waals surface area (Å²) in [7, 11) is 0. The van der Waals surface area contributed by atoms with Crippen LogP contribution in [0.4, 0.5) is 0 Å². The van der Waals surface area contributed by atoms with E-state index < -0.39 is 0 Å². The van der Waals surface area contributed by atoms with Crippen molar-refractivity contribution in [1.29, 1.82) is 0 Å². The van der Waals surface area contributed by atoms with Gasteiger partial charge in [0.05, 0.1) is 6.26 Å². The molecule has 108 valence electrons. The molecule has 1 amide bonds. The monoisotopic (exact) mass is 277 g/mol. The fraction of sp³-hybridized carbons (Fsp3) is 0.429. The van der Waals surface area contributed by atoms with Gasteiger partial charge in [-0.3, -0.25) is 9.89 Å². The molecule has 0 bridgehead atoms. The summed E-state index contributed by atoms with van der Waals surface area (Å²) in [5.74, 6) is 0.643. The Morgan fingerprint density at radius 2 is 2.45 bits per heavy atom. The summed E-state index contributed by atoms with van der Waals surface area (Å²) < 4.78 is 10.6. The van der Waals surface area contributed by atoms with E-state index in [4.69, 9.17) is 9.15 Å². The number of H-pyrrole nitrogens is 1. The highest BCUT2D eigenvalue weighted by atomic mass is 16.5. The van der Waals surface area contributed by atoms with Crippen molar-refractivity contribution in [2.45, 2.75) is 26.4 Å². The van der Waals surface area contributed by atoms with E-state index in [1.165, 1.54) is 0 Å². The van der Waals surface area contributed by atoms with Crippen molar-refractivity contribution in [2.24, 2.45) is 0 Å². The van der Waals surface area contributed by atoms with Crippen LogP contribution in [0.1, 0.15) is 35.3 Å². The predicted octanol–water partition coefficient (Wildman–Crippen LogP) is 1.90. The molecular weight excluding hydrogens is 258 g/mol. The molecule has 0 atom stereocenters. The lowest BCUT2D eigenvalue weighted by Gasteiger charge is -2.04. The van der Waals surface area contributed by atoms with E-state index in [2.05, 4.69) is 15.5 Å². The number of ether oxygens (including phenoxy) is 1. The number of aromatic nitrogens is 2. The number of rotatable bonds is 8. The van der Waals surface area contributed by atoms with Gasteiger partial charge in [-0.25, -0.2) is 0 Å². The van der Waals surface area contributed by atoms with Gasteiger partial charge in [-0.05, 0) is 31.0 Å². The fourth-order valence-electron chi connectivity index (χ4n) is 1.69. The Morgan fingerprint density at radius 1 is 1.55 bits per heavy atom. The molecule has 2 rings (SSSR count). The molecule has 20 heavy (non-hydrogen) atoms. The van der Waals surface area contributed by atoms with Gasteiger partial charge in [-0.1, -0.05) is 6.92 Å². The number of amides is 1. The second kappa shape index (κ2) is 7.49. The molecule has 0 aromatic carbocycles. The number of hydrogen-bond acceptors (Lipinski definition) is 4. The Hall–Kier alpha value is -2.08. The number of nitrogens with one attached hydrogen (secondary N) is 2. The van der Waals surface area contributed by atoms with Crippen molar-refractivity contribution in [3.63, 3.8) is 0 Å². The van der Waals surface area contributed by atoms with Crippen molar-refractivity contribution in [3.8, 4) is 0 Å². The molecule has 2 aromatic rings. The molecule has 0 aliphatic carbocycles. The largest absolute Gasteiger partial charge is 0.467 e. The van der Waals surface area contributed by atoms with Gasteiger partial charge in [0.25, 0.3) is 5.91 Å². The van der Waals surface area contributed by atoms with Gasteiger partial charge in [0.15, 0.2) is 0 Å². The van der Waals surface area contributed by atoms with Gasteiger partial charge in [-0.15, -0.1) is 0 Å². The van der Waals surface area contributed by atoms with Crippen LogP contribution in [0.3, 0.4) is 0 Å². The van der Waals surface area contributed by atoms with E-state index in [-0.39, 0.29) is 5.91 Å². The highest BCUT2D eigenvalue weighted by Gasteiger charge is 2.08. The fourth-order valence-corrected chi connectivity index (χ4v) is 1.69. The number of aryl methyl sites for hydroxylation is 1. The quantitative estimate of drug-likeness (QED) is 0.722. The lowest BCUT2D eigenvalue weighted by atomic mass is 10.3. The normalized spacial score (nSPS) is 10.7. The Labute approximate surface area is 117 Å². The first-order valence-corrected chi connectivity index (χ1v) is 6.72. The minimum Gasteiger partial charge on any atom is -0.467 e. The molecule has 0 saturated heterocycles. The first kappa shape index (κ1) is 14.3. The second-order valence-corrected chi connectivity index (χ2v) is 4.37. The first-order chi connectivity index (χ1) is 9.79. The summed E-state index contributed by atoms with van der Waals surface area (Å²) in [6, 6.07) is 5.46. The van der Waals surface area contributed by atoms with Crippen LogP contribution < -0.4 is 5.32 Å². The molecule has 6 nitrogen and oxygen atoms in total. The zero-order valence-corrected chi connectivity index (χ0v) is 11.5. The van der Waals surface area contributed by atoms with Gasteiger partial charge in [0, 0.05) is 18.8 Å². The van der Waals surface area contributed by atoms with E-state index in [0.29, 0.717) is 25.5 Å². The van der Waals surface area contributed by atoms with Gasteiger partial charge >= 0.3 is 0 Å². The summed E-state index contributed by atoms with van der Waals surface area (Å²) >= 11 is 0. The van der Waals surface area contributed by atoms with Gasteiger partial charge in [0.2, 0.25) is 0 Å². The van der Waals surface area contributed by atoms with Crippen LogP contribution in [0.5, 0.6) is 0 Å². The summed E-state index contributed by atoms with van der Waals surface area (Å²) in [4.78, 5) is 11.7. The third-order valence-corrected chi connectivity index (χ3v) is 2.82. The standard InChI is InChI=1S/C14H19N3O3/c1-2-11-9-13(17-16-11)14(18)15-6-4-7-19-10-12-5-3-8-20-12/h3,5,8-9H,2,4,6-7,10H2,1H3,(H,15,18)(H,16,17). The third-order valence-electron chi connectivity index (χ3n) is 2.82. The van der Waals surface area contributed by atoms with Crippen molar-refractivity contribution in [3.05, 3.63) is 41.6 Å². The van der Waals surface area contributed by atoms with Crippen molar-refractivity contribution < 1.29 is 13.9 Å². The van der Waals surface area contributed by atoms with E-state index >= 15 is 0 Å². The Balaban J connectivity index is 1.57. The zero-order valence-electron chi connectivity index (χ0n) is 11.5. The van der Waals surface area contributed by atoms with Crippen molar-refractivity contribution in [2.75, 3.05) is 13.2 Å². The number of nitrogens with zero attached hydrogens (tertiary/aromatic N) is 1. The Kier molecular flexibility index (Phi) is 5.37. The first-order valence-electron chi connectivity index (χ1n) is 6.72. The highest BCUT2D eigenvalue weighted by Crippen LogP contribution is 2.02. The molecule has 0 unspecified atom stereocenters. The van der Waals surface area contributed by atoms with Crippen LogP contribution >= 0.6 is 0 Å². The summed E-state index contributed by atoms with van der Waals surface area (Å²) in [6.07, 6.45) is 3.20. The molecule has 2 N–H and O–H groups in total. The average molecular weight is 277 g/mol. The number of carbonyl (C=O) groups excluding carboxylic acids is 1. The SMILES string of the molecule is CCc1cc(C(=O)NCCCOCc2ccco2)n[nH]1. The maximum Gasteiger partial charge on any atom is 0.271 e. The molecule has 0 spiro atoms. The number of aromatic amines is 1. The van der Waals surface area contributed by atoms with Crippen LogP contribution in [-0.2, 0) is 17.8 Å². The topological polar surface area (TPSA) is 80.2 Å². The lowest BCUT2D eigenvalue weighted by molar-refractivity contribution is 0.0913. The van der Waals surface area contributed by atoms with Gasteiger partial charge in [-0.2, -0.15) is 5.10 Å². The van der Waals surface area contributed by atoms with Crippen LogP contribution in [0.15, 0.2) is 28.9 Å². The predicted molar refractivity (Wildman–Crippen MR) is 73.3 cm³/mol. The number of furan rings is 1. The minimum atomic E-state index is -0.160. The summed E-state index contributed by atoms with van der Waals surface area (Å²) in [5.41, 5.74) is 1.38. The van der Waals surface area contributed by atoms with Crippen LogP contribution in [0.2, 0.25) is 0 Å². The maximum atomic E-state index is 11.7. The average Bonchev–Trinajstić information content (AvgIpc) is 3.13. The van der Waals surface area contributed by atoms with Gasteiger partial charge in [0.1, 0.15) is 18.1 Å². The zero-order chi connectivity index (χ0) is 14.2. The molecule has 0 aliphatic heterocycles. The molecular formula is C14H19N3O3. The lowest BCUT2D eigenvalue weighted by Crippen LogP contribution is -2.25.